The Morgan fingerprint density at radius 2 is 1.90 bits per heavy atom. The number of carbonyl (C=O) groups excluding carboxylic acids is 1. The number of nitrogens with two attached hydrogens (primary N) is 1. The molecule has 112 valence electrons. The molecule has 0 fully saturated rings. The van der Waals surface area contributed by atoms with Crippen molar-refractivity contribution in [3.63, 3.8) is 0 Å². The van der Waals surface area contributed by atoms with Crippen LogP contribution < -0.4 is 20.5 Å². The molecule has 2 rings (SSSR count). The van der Waals surface area contributed by atoms with Crippen molar-refractivity contribution in [1.29, 1.82) is 0 Å². The summed E-state index contributed by atoms with van der Waals surface area (Å²) in [6.45, 7) is 1.72. The molecule has 0 spiro atoms. The second-order valence-corrected chi connectivity index (χ2v) is 4.42. The van der Waals surface area contributed by atoms with Crippen molar-refractivity contribution < 1.29 is 18.7 Å². The van der Waals surface area contributed by atoms with Crippen LogP contribution in [0.1, 0.15) is 29.3 Å². The molecule has 7 heteroatoms. The van der Waals surface area contributed by atoms with Crippen molar-refractivity contribution in [2.24, 2.45) is 5.73 Å². The van der Waals surface area contributed by atoms with Crippen LogP contribution in [0.5, 0.6) is 11.5 Å². The molecule has 1 unspecified atom stereocenters. The summed E-state index contributed by atoms with van der Waals surface area (Å²) >= 11 is 0. The quantitative estimate of drug-likeness (QED) is 0.873. The third-order valence-corrected chi connectivity index (χ3v) is 2.75. The number of rotatable bonds is 5. The molecule has 21 heavy (non-hydrogen) atoms. The van der Waals surface area contributed by atoms with E-state index >= 15 is 0 Å². The number of methoxy groups -OCH3 is 2. The SMILES string of the molecule is COc1cc(NC(=O)c2coc(C(C)N)n2)cc(OC)c1. The van der Waals surface area contributed by atoms with Crippen LogP contribution in [0.15, 0.2) is 28.9 Å². The first-order chi connectivity index (χ1) is 10.0. The van der Waals surface area contributed by atoms with Gasteiger partial charge in [0.1, 0.15) is 17.8 Å². The molecule has 7 nitrogen and oxygen atoms in total. The number of hydrogen-bond donors (Lipinski definition) is 2. The molecular weight excluding hydrogens is 274 g/mol. The first kappa shape index (κ1) is 14.9. The summed E-state index contributed by atoms with van der Waals surface area (Å²) in [5.41, 5.74) is 6.32. The van der Waals surface area contributed by atoms with Crippen LogP contribution in [0, 0.1) is 0 Å². The largest absolute Gasteiger partial charge is 0.497 e. The van der Waals surface area contributed by atoms with Crippen molar-refractivity contribution in [2.45, 2.75) is 13.0 Å². The van der Waals surface area contributed by atoms with Crippen molar-refractivity contribution >= 4 is 11.6 Å². The number of benzene rings is 1. The van der Waals surface area contributed by atoms with E-state index in [4.69, 9.17) is 19.6 Å². The summed E-state index contributed by atoms with van der Waals surface area (Å²) in [6, 6.07) is 4.68. The zero-order chi connectivity index (χ0) is 15.4. The minimum Gasteiger partial charge on any atom is -0.497 e. The molecule has 3 N–H and O–H groups in total. The van der Waals surface area contributed by atoms with Crippen LogP contribution in [-0.4, -0.2) is 25.1 Å². The van der Waals surface area contributed by atoms with Gasteiger partial charge >= 0.3 is 0 Å². The average Bonchev–Trinajstić information content (AvgIpc) is 2.97. The first-order valence-corrected chi connectivity index (χ1v) is 6.29. The van der Waals surface area contributed by atoms with E-state index in [1.54, 1.807) is 25.1 Å². The summed E-state index contributed by atoms with van der Waals surface area (Å²) in [5, 5.41) is 2.70. The predicted molar refractivity (Wildman–Crippen MR) is 76.6 cm³/mol. The van der Waals surface area contributed by atoms with E-state index in [0.717, 1.165) is 0 Å². The van der Waals surface area contributed by atoms with Crippen LogP contribution in [-0.2, 0) is 0 Å². The molecule has 1 aromatic heterocycles. The lowest BCUT2D eigenvalue weighted by Crippen LogP contribution is -2.13. The van der Waals surface area contributed by atoms with E-state index < -0.39 is 5.91 Å². The normalized spacial score (nSPS) is 11.8. The maximum absolute atomic E-state index is 12.1. The Morgan fingerprint density at radius 1 is 1.29 bits per heavy atom. The average molecular weight is 291 g/mol. The van der Waals surface area contributed by atoms with Crippen molar-refractivity contribution in [3.8, 4) is 11.5 Å². The van der Waals surface area contributed by atoms with Gasteiger partial charge in [0.2, 0.25) is 5.89 Å². The Balaban J connectivity index is 2.18. The van der Waals surface area contributed by atoms with E-state index in [2.05, 4.69) is 10.3 Å². The fraction of sp³-hybridized carbons (Fsp3) is 0.286. The maximum atomic E-state index is 12.1. The fourth-order valence-electron chi connectivity index (χ4n) is 1.68. The molecular formula is C14H17N3O4. The number of oxazole rings is 1. The van der Waals surface area contributed by atoms with Gasteiger partial charge in [0.25, 0.3) is 5.91 Å². The van der Waals surface area contributed by atoms with Gasteiger partial charge in [0, 0.05) is 23.9 Å². The highest BCUT2D eigenvalue weighted by Gasteiger charge is 2.15. The Kier molecular flexibility index (Phi) is 4.44. The standard InChI is InChI=1S/C14H17N3O4/c1-8(15)14-17-12(7-21-14)13(18)16-9-4-10(19-2)6-11(5-9)20-3/h4-8H,15H2,1-3H3,(H,16,18). The highest BCUT2D eigenvalue weighted by Crippen LogP contribution is 2.26. The molecule has 1 atom stereocenters. The van der Waals surface area contributed by atoms with Gasteiger partial charge in [-0.25, -0.2) is 4.98 Å². The molecule has 0 aliphatic heterocycles. The Labute approximate surface area is 122 Å². The third kappa shape index (κ3) is 3.51. The van der Waals surface area contributed by atoms with Gasteiger partial charge in [-0.2, -0.15) is 0 Å². The van der Waals surface area contributed by atoms with E-state index in [-0.39, 0.29) is 11.7 Å². The topological polar surface area (TPSA) is 99.6 Å². The minimum absolute atomic E-state index is 0.157. The zero-order valence-electron chi connectivity index (χ0n) is 12.0. The van der Waals surface area contributed by atoms with E-state index in [1.165, 1.54) is 20.5 Å². The van der Waals surface area contributed by atoms with Crippen LogP contribution >= 0.6 is 0 Å². The monoisotopic (exact) mass is 291 g/mol. The lowest BCUT2D eigenvalue weighted by Gasteiger charge is -2.08. The second kappa shape index (κ2) is 6.27. The highest BCUT2D eigenvalue weighted by atomic mass is 16.5. The smallest absolute Gasteiger partial charge is 0.277 e. The number of aromatic nitrogens is 1. The number of amides is 1. The van der Waals surface area contributed by atoms with Crippen molar-refractivity contribution in [1.82, 2.24) is 4.98 Å². The van der Waals surface area contributed by atoms with Gasteiger partial charge in [-0.05, 0) is 6.92 Å². The van der Waals surface area contributed by atoms with Crippen LogP contribution in [0.4, 0.5) is 5.69 Å². The zero-order valence-corrected chi connectivity index (χ0v) is 12.0. The fourth-order valence-corrected chi connectivity index (χ4v) is 1.68. The van der Waals surface area contributed by atoms with Crippen LogP contribution in [0.25, 0.3) is 0 Å². The molecule has 1 heterocycles. The summed E-state index contributed by atoms with van der Waals surface area (Å²) in [4.78, 5) is 16.1. The lowest BCUT2D eigenvalue weighted by atomic mass is 10.2. The van der Waals surface area contributed by atoms with Crippen LogP contribution in [0.3, 0.4) is 0 Å². The van der Waals surface area contributed by atoms with Gasteiger partial charge < -0.3 is 24.9 Å². The molecule has 1 amide bonds. The lowest BCUT2D eigenvalue weighted by molar-refractivity contribution is 0.102. The highest BCUT2D eigenvalue weighted by molar-refractivity contribution is 6.02. The number of anilines is 1. The number of ether oxygens (including phenoxy) is 2. The van der Waals surface area contributed by atoms with Gasteiger partial charge in [0.15, 0.2) is 5.69 Å². The molecule has 0 radical (unpaired) electrons. The molecule has 0 saturated heterocycles. The van der Waals surface area contributed by atoms with Crippen molar-refractivity contribution in [3.05, 3.63) is 36.0 Å². The van der Waals surface area contributed by atoms with Crippen LogP contribution in [0.2, 0.25) is 0 Å². The van der Waals surface area contributed by atoms with Gasteiger partial charge in [-0.3, -0.25) is 4.79 Å². The first-order valence-electron chi connectivity index (χ1n) is 6.29. The number of nitrogens with one attached hydrogen (secondary N) is 1. The summed E-state index contributed by atoms with van der Waals surface area (Å²) < 4.78 is 15.4. The molecule has 0 saturated carbocycles. The number of nitrogens with zero attached hydrogens (tertiary/aromatic N) is 1. The van der Waals surface area contributed by atoms with E-state index in [9.17, 15) is 4.79 Å². The maximum Gasteiger partial charge on any atom is 0.277 e. The molecule has 2 aromatic rings. The number of carbonyl (C=O) groups is 1. The van der Waals surface area contributed by atoms with Gasteiger partial charge in [0.05, 0.1) is 20.3 Å². The summed E-state index contributed by atoms with van der Waals surface area (Å²) in [6.07, 6.45) is 1.27. The Hall–Kier alpha value is -2.54. The number of hydrogen-bond acceptors (Lipinski definition) is 6. The van der Waals surface area contributed by atoms with E-state index in [1.807, 2.05) is 0 Å². The summed E-state index contributed by atoms with van der Waals surface area (Å²) in [5.74, 6) is 1.05. The summed E-state index contributed by atoms with van der Waals surface area (Å²) in [7, 11) is 3.07. The molecule has 1 aromatic carbocycles. The minimum atomic E-state index is -0.402. The predicted octanol–water partition coefficient (Wildman–Crippen LogP) is 1.96. The third-order valence-electron chi connectivity index (χ3n) is 2.75. The van der Waals surface area contributed by atoms with E-state index in [0.29, 0.717) is 23.1 Å². The Morgan fingerprint density at radius 3 is 2.38 bits per heavy atom. The second-order valence-electron chi connectivity index (χ2n) is 4.42. The molecule has 0 bridgehead atoms. The van der Waals surface area contributed by atoms with Crippen molar-refractivity contribution in [2.75, 3.05) is 19.5 Å². The molecule has 0 aliphatic carbocycles. The Bertz CT molecular complexity index is 615. The van der Waals surface area contributed by atoms with Gasteiger partial charge in [-0.1, -0.05) is 0 Å². The van der Waals surface area contributed by atoms with Gasteiger partial charge in [-0.15, -0.1) is 0 Å². The molecule has 0 aliphatic rings.